The summed E-state index contributed by atoms with van der Waals surface area (Å²) in [6.45, 7) is 2.41. The number of carbonyl (C=O) groups is 1. The second kappa shape index (κ2) is 11.4. The molecular formula is C30H32FN7O2. The molecule has 0 saturated heterocycles. The highest BCUT2D eigenvalue weighted by atomic mass is 19.1. The van der Waals surface area contributed by atoms with Gasteiger partial charge in [0.15, 0.2) is 0 Å². The molecule has 206 valence electrons. The maximum atomic E-state index is 14.4. The number of fused-ring (bicyclic) bond motifs is 1. The van der Waals surface area contributed by atoms with Gasteiger partial charge in [0, 0.05) is 24.6 Å². The van der Waals surface area contributed by atoms with Crippen molar-refractivity contribution in [1.29, 1.82) is 5.26 Å². The number of halogens is 1. The Bertz CT molecular complexity index is 1530. The number of nitriles is 1. The van der Waals surface area contributed by atoms with E-state index >= 15 is 0 Å². The van der Waals surface area contributed by atoms with Gasteiger partial charge in [-0.25, -0.2) is 8.91 Å². The molecule has 1 aliphatic rings. The van der Waals surface area contributed by atoms with Gasteiger partial charge in [0.25, 0.3) is 5.91 Å². The van der Waals surface area contributed by atoms with E-state index < -0.39 is 17.7 Å². The summed E-state index contributed by atoms with van der Waals surface area (Å²) in [5.41, 5.74) is 3.13. The summed E-state index contributed by atoms with van der Waals surface area (Å²) in [5.74, 6) is -0.00710. The van der Waals surface area contributed by atoms with Gasteiger partial charge in [-0.3, -0.25) is 14.8 Å². The summed E-state index contributed by atoms with van der Waals surface area (Å²) in [5, 5.41) is 29.7. The monoisotopic (exact) mass is 541 g/mol. The van der Waals surface area contributed by atoms with E-state index in [1.165, 1.54) is 31.8 Å². The highest BCUT2D eigenvalue weighted by Gasteiger charge is 2.28. The van der Waals surface area contributed by atoms with Crippen molar-refractivity contribution in [3.05, 3.63) is 77.9 Å². The molecule has 4 aromatic heterocycles. The van der Waals surface area contributed by atoms with Gasteiger partial charge >= 0.3 is 0 Å². The number of nitrogens with zero attached hydrogens (tertiary/aromatic N) is 5. The van der Waals surface area contributed by atoms with Crippen molar-refractivity contribution in [1.82, 2.24) is 24.9 Å². The van der Waals surface area contributed by atoms with Gasteiger partial charge in [-0.15, -0.1) is 0 Å². The van der Waals surface area contributed by atoms with Crippen molar-refractivity contribution < 1.29 is 14.3 Å². The maximum absolute atomic E-state index is 14.4. The Hall–Kier alpha value is -4.36. The Morgan fingerprint density at radius 2 is 1.93 bits per heavy atom. The van der Waals surface area contributed by atoms with E-state index in [4.69, 9.17) is 0 Å². The number of carbonyl (C=O) groups excluding carboxylic acids is 1. The summed E-state index contributed by atoms with van der Waals surface area (Å²) >= 11 is 0. The number of alkyl halides is 1. The van der Waals surface area contributed by atoms with Gasteiger partial charge in [0.2, 0.25) is 0 Å². The van der Waals surface area contributed by atoms with E-state index in [-0.39, 0.29) is 12.6 Å². The molecule has 4 heterocycles. The normalized spacial score (nSPS) is 18.2. The van der Waals surface area contributed by atoms with Crippen LogP contribution >= 0.6 is 0 Å². The molecule has 5 rings (SSSR count). The molecule has 1 fully saturated rings. The number of amides is 1. The molecule has 1 amide bonds. The Morgan fingerprint density at radius 1 is 1.18 bits per heavy atom. The van der Waals surface area contributed by atoms with E-state index in [2.05, 4.69) is 43.9 Å². The van der Waals surface area contributed by atoms with Crippen LogP contribution in [0.3, 0.4) is 0 Å². The van der Waals surface area contributed by atoms with Crippen molar-refractivity contribution in [2.45, 2.75) is 63.3 Å². The van der Waals surface area contributed by atoms with Crippen LogP contribution in [0.5, 0.6) is 0 Å². The third-order valence-electron chi connectivity index (χ3n) is 7.51. The zero-order valence-corrected chi connectivity index (χ0v) is 22.5. The number of hydrogen-bond donors (Lipinski definition) is 3. The number of nitrogens with one attached hydrogen (secondary N) is 2. The van der Waals surface area contributed by atoms with E-state index in [0.29, 0.717) is 34.1 Å². The first-order chi connectivity index (χ1) is 19.2. The average Bonchev–Trinajstić information content (AvgIpc) is 3.39. The number of aliphatic hydroxyl groups is 1. The number of aromatic nitrogens is 4. The molecule has 3 N–H and O–H groups in total. The molecule has 10 heteroatoms. The minimum atomic E-state index is -1.62. The van der Waals surface area contributed by atoms with Crippen molar-refractivity contribution in [3.8, 4) is 17.5 Å². The van der Waals surface area contributed by atoms with Crippen LogP contribution in [0.15, 0.2) is 61.2 Å². The summed E-state index contributed by atoms with van der Waals surface area (Å²) in [7, 11) is 0. The fourth-order valence-corrected chi connectivity index (χ4v) is 5.10. The van der Waals surface area contributed by atoms with Crippen LogP contribution in [0.4, 0.5) is 10.1 Å². The zero-order chi connectivity index (χ0) is 28.3. The van der Waals surface area contributed by atoms with Gasteiger partial charge in [0.1, 0.15) is 12.2 Å². The molecule has 1 unspecified atom stereocenters. The average molecular weight is 542 g/mol. The van der Waals surface area contributed by atoms with Crippen LogP contribution in [0.1, 0.15) is 66.9 Å². The second-order valence-corrected chi connectivity index (χ2v) is 10.8. The lowest BCUT2D eigenvalue weighted by atomic mass is 9.82. The Morgan fingerprint density at radius 3 is 2.62 bits per heavy atom. The van der Waals surface area contributed by atoms with Crippen LogP contribution in [0.25, 0.3) is 16.9 Å². The van der Waals surface area contributed by atoms with Gasteiger partial charge < -0.3 is 15.7 Å². The standard InChI is InChI=1S/C30H32FN7O2/c1-30(2,40)28(31)18-35-29(39)24-17-34-26(27-8-7-23-13-19(15-32)16-36-38(23)27)14-25(24)37-22-5-3-20(4-6-22)21-9-11-33-12-10-21/h7-14,16-17,20,22,28,40H,3-6,18H2,1-2H3,(H,34,37)(H,35,39). The minimum absolute atomic E-state index is 0.144. The third-order valence-corrected chi connectivity index (χ3v) is 7.51. The fraction of sp³-hybridized carbons (Fsp3) is 0.367. The molecular weight excluding hydrogens is 509 g/mol. The molecule has 1 aliphatic carbocycles. The Labute approximate surface area is 232 Å². The van der Waals surface area contributed by atoms with E-state index in [9.17, 15) is 19.6 Å². The maximum Gasteiger partial charge on any atom is 0.255 e. The van der Waals surface area contributed by atoms with Gasteiger partial charge in [-0.05, 0) is 87.4 Å². The predicted molar refractivity (Wildman–Crippen MR) is 150 cm³/mol. The lowest BCUT2D eigenvalue weighted by molar-refractivity contribution is -0.00177. The minimum Gasteiger partial charge on any atom is -0.387 e. The van der Waals surface area contributed by atoms with Crippen LogP contribution < -0.4 is 10.6 Å². The second-order valence-electron chi connectivity index (χ2n) is 10.8. The van der Waals surface area contributed by atoms with Crippen LogP contribution in [0, 0.1) is 11.3 Å². The SMILES string of the molecule is CC(C)(O)C(F)CNC(=O)c1cnc(-c2ccc3cc(C#N)cnn23)cc1NC1CCC(c2ccncc2)CC1. The lowest BCUT2D eigenvalue weighted by Crippen LogP contribution is -2.42. The van der Waals surface area contributed by atoms with Gasteiger partial charge in [-0.2, -0.15) is 10.4 Å². The molecule has 40 heavy (non-hydrogen) atoms. The smallest absolute Gasteiger partial charge is 0.255 e. The van der Waals surface area contributed by atoms with E-state index in [0.717, 1.165) is 31.2 Å². The Balaban J connectivity index is 1.40. The number of anilines is 1. The topological polar surface area (TPSA) is 128 Å². The van der Waals surface area contributed by atoms with Crippen molar-refractivity contribution in [2.24, 2.45) is 0 Å². The van der Waals surface area contributed by atoms with Crippen molar-refractivity contribution >= 4 is 17.1 Å². The van der Waals surface area contributed by atoms with E-state index in [1.807, 2.05) is 30.6 Å². The summed E-state index contributed by atoms with van der Waals surface area (Å²) in [6.07, 6.45) is 8.85. The molecule has 9 nitrogen and oxygen atoms in total. The van der Waals surface area contributed by atoms with Crippen molar-refractivity contribution in [2.75, 3.05) is 11.9 Å². The molecule has 1 atom stereocenters. The first kappa shape index (κ1) is 27.2. The highest BCUT2D eigenvalue weighted by molar-refractivity contribution is 6.00. The lowest BCUT2D eigenvalue weighted by Gasteiger charge is -2.30. The van der Waals surface area contributed by atoms with E-state index in [1.54, 1.807) is 10.6 Å². The van der Waals surface area contributed by atoms with Crippen molar-refractivity contribution in [3.63, 3.8) is 0 Å². The van der Waals surface area contributed by atoms with Gasteiger partial charge in [0.05, 0.1) is 52.1 Å². The molecule has 0 bridgehead atoms. The summed E-state index contributed by atoms with van der Waals surface area (Å²) in [6, 6.07) is 13.7. The summed E-state index contributed by atoms with van der Waals surface area (Å²) in [4.78, 5) is 21.8. The third kappa shape index (κ3) is 5.95. The molecule has 4 aromatic rings. The van der Waals surface area contributed by atoms with Gasteiger partial charge in [-0.1, -0.05) is 0 Å². The molecule has 0 aliphatic heterocycles. The summed E-state index contributed by atoms with van der Waals surface area (Å²) < 4.78 is 16.1. The zero-order valence-electron chi connectivity index (χ0n) is 22.5. The number of rotatable bonds is 8. The highest BCUT2D eigenvalue weighted by Crippen LogP contribution is 2.35. The fourth-order valence-electron chi connectivity index (χ4n) is 5.10. The quantitative estimate of drug-likeness (QED) is 0.296. The Kier molecular flexibility index (Phi) is 7.76. The van der Waals surface area contributed by atoms with Crippen LogP contribution in [-0.4, -0.2) is 55.0 Å². The first-order valence-electron chi connectivity index (χ1n) is 13.4. The molecule has 0 radical (unpaired) electrons. The van der Waals surface area contributed by atoms with Crippen LogP contribution in [0.2, 0.25) is 0 Å². The molecule has 0 aromatic carbocycles. The largest absolute Gasteiger partial charge is 0.387 e. The number of pyridine rings is 2. The molecule has 0 spiro atoms. The van der Waals surface area contributed by atoms with Crippen LogP contribution in [-0.2, 0) is 0 Å². The first-order valence-corrected chi connectivity index (χ1v) is 13.4. The predicted octanol–water partition coefficient (Wildman–Crippen LogP) is 4.64. The number of hydrogen-bond acceptors (Lipinski definition) is 7. The molecule has 1 saturated carbocycles.